The molecule has 7 heteroatoms. The van der Waals surface area contributed by atoms with Crippen LogP contribution < -0.4 is 15.0 Å². The lowest BCUT2D eigenvalue weighted by molar-refractivity contribution is 0.268. The third kappa shape index (κ3) is 4.51. The summed E-state index contributed by atoms with van der Waals surface area (Å²) < 4.78 is 5.34. The Morgan fingerprint density at radius 1 is 1.32 bits per heavy atom. The number of aliphatic hydroxyl groups excluding tert-OH is 1. The predicted molar refractivity (Wildman–Crippen MR) is 74.7 cm³/mol. The van der Waals surface area contributed by atoms with Crippen molar-refractivity contribution in [2.24, 2.45) is 0 Å². The minimum atomic E-state index is -0.0732. The molecule has 0 saturated carbocycles. The smallest absolute Gasteiger partial charge is 0.323 e. The Bertz CT molecular complexity index is 388. The number of likely N-dealkylation sites (N-methyl/N-ethyl adjacent to an activating group) is 1. The molecular weight excluding hydrogens is 246 g/mol. The lowest BCUT2D eigenvalue weighted by Gasteiger charge is -2.23. The highest BCUT2D eigenvalue weighted by atomic mass is 16.5. The first-order chi connectivity index (χ1) is 9.12. The van der Waals surface area contributed by atoms with Crippen molar-refractivity contribution >= 4 is 11.9 Å². The molecule has 0 aliphatic carbocycles. The Balaban J connectivity index is 2.97. The van der Waals surface area contributed by atoms with Crippen LogP contribution in [0, 0.1) is 0 Å². The maximum absolute atomic E-state index is 9.19. The van der Waals surface area contributed by atoms with E-state index in [-0.39, 0.29) is 12.6 Å². The molecule has 1 heterocycles. The van der Waals surface area contributed by atoms with Crippen molar-refractivity contribution < 1.29 is 9.84 Å². The number of nitrogens with zero attached hydrogens (tertiary/aromatic N) is 4. The summed E-state index contributed by atoms with van der Waals surface area (Å²) in [5, 5.41) is 12.3. The Morgan fingerprint density at radius 3 is 2.63 bits per heavy atom. The van der Waals surface area contributed by atoms with Gasteiger partial charge in [-0.15, -0.1) is 0 Å². The standard InChI is InChI=1S/C12H23N5O2/c1-5-7-13-10-14-11(17(4)9(3)8-18)16-12(15-10)19-6-2/h9,18H,5-8H2,1-4H3,(H,13,14,15,16). The molecule has 0 bridgehead atoms. The summed E-state index contributed by atoms with van der Waals surface area (Å²) in [6, 6.07) is 0.221. The van der Waals surface area contributed by atoms with Gasteiger partial charge in [0.2, 0.25) is 11.9 Å². The second kappa shape index (κ2) is 7.73. The molecule has 7 nitrogen and oxygen atoms in total. The van der Waals surface area contributed by atoms with Crippen LogP contribution in [0.25, 0.3) is 0 Å². The van der Waals surface area contributed by atoms with Crippen LogP contribution in [0.5, 0.6) is 6.01 Å². The average Bonchev–Trinajstić information content (AvgIpc) is 2.43. The number of hydrogen-bond acceptors (Lipinski definition) is 7. The van der Waals surface area contributed by atoms with Crippen LogP contribution in [0.15, 0.2) is 0 Å². The summed E-state index contributed by atoms with van der Waals surface area (Å²) >= 11 is 0. The van der Waals surface area contributed by atoms with E-state index >= 15 is 0 Å². The van der Waals surface area contributed by atoms with E-state index in [9.17, 15) is 5.11 Å². The van der Waals surface area contributed by atoms with Crippen molar-refractivity contribution in [2.45, 2.75) is 33.2 Å². The zero-order chi connectivity index (χ0) is 14.3. The minimum Gasteiger partial charge on any atom is -0.464 e. The number of anilines is 2. The van der Waals surface area contributed by atoms with Gasteiger partial charge in [-0.2, -0.15) is 15.0 Å². The summed E-state index contributed by atoms with van der Waals surface area (Å²) in [6.07, 6.45) is 0.980. The van der Waals surface area contributed by atoms with Crippen LogP contribution in [0.1, 0.15) is 27.2 Å². The molecule has 0 spiro atoms. The lowest BCUT2D eigenvalue weighted by atomic mass is 10.3. The number of ether oxygens (including phenoxy) is 1. The molecule has 0 aliphatic heterocycles. The van der Waals surface area contributed by atoms with E-state index in [0.29, 0.717) is 24.5 Å². The highest BCUT2D eigenvalue weighted by Gasteiger charge is 2.15. The molecule has 0 saturated heterocycles. The Kier molecular flexibility index (Phi) is 6.27. The molecule has 0 amide bonds. The van der Waals surface area contributed by atoms with Crippen molar-refractivity contribution in [1.29, 1.82) is 0 Å². The fourth-order valence-corrected chi connectivity index (χ4v) is 1.33. The summed E-state index contributed by atoms with van der Waals surface area (Å²) in [6.45, 7) is 7.15. The zero-order valence-electron chi connectivity index (χ0n) is 12.1. The van der Waals surface area contributed by atoms with Crippen LogP contribution >= 0.6 is 0 Å². The quantitative estimate of drug-likeness (QED) is 0.725. The van der Waals surface area contributed by atoms with E-state index in [1.165, 1.54) is 0 Å². The Hall–Kier alpha value is -1.63. The molecule has 0 aliphatic rings. The van der Waals surface area contributed by atoms with Gasteiger partial charge in [-0.1, -0.05) is 6.92 Å². The van der Waals surface area contributed by atoms with Gasteiger partial charge in [-0.25, -0.2) is 0 Å². The molecule has 1 rings (SSSR count). The fraction of sp³-hybridized carbons (Fsp3) is 0.750. The average molecular weight is 269 g/mol. The predicted octanol–water partition coefficient (Wildman–Crippen LogP) is 0.909. The minimum absolute atomic E-state index is 0.0316. The molecule has 108 valence electrons. The van der Waals surface area contributed by atoms with Gasteiger partial charge in [0, 0.05) is 13.6 Å². The van der Waals surface area contributed by atoms with Crippen LogP contribution in [0.2, 0.25) is 0 Å². The second-order valence-corrected chi connectivity index (χ2v) is 4.24. The van der Waals surface area contributed by atoms with Gasteiger partial charge in [-0.05, 0) is 20.3 Å². The molecule has 1 aromatic rings. The van der Waals surface area contributed by atoms with Crippen molar-refractivity contribution in [3.8, 4) is 6.01 Å². The van der Waals surface area contributed by atoms with Crippen LogP contribution in [-0.4, -0.2) is 52.9 Å². The number of rotatable bonds is 8. The van der Waals surface area contributed by atoms with E-state index in [1.807, 2.05) is 20.9 Å². The molecule has 2 N–H and O–H groups in total. The van der Waals surface area contributed by atoms with Gasteiger partial charge >= 0.3 is 6.01 Å². The summed E-state index contributed by atoms with van der Waals surface area (Å²) in [7, 11) is 1.83. The van der Waals surface area contributed by atoms with Crippen LogP contribution in [0.3, 0.4) is 0 Å². The highest BCUT2D eigenvalue weighted by Crippen LogP contribution is 2.15. The van der Waals surface area contributed by atoms with E-state index < -0.39 is 0 Å². The summed E-state index contributed by atoms with van der Waals surface area (Å²) in [4.78, 5) is 14.5. The van der Waals surface area contributed by atoms with Crippen LogP contribution in [0.4, 0.5) is 11.9 Å². The van der Waals surface area contributed by atoms with E-state index in [1.54, 1.807) is 4.90 Å². The van der Waals surface area contributed by atoms with Gasteiger partial charge in [0.15, 0.2) is 0 Å². The van der Waals surface area contributed by atoms with E-state index in [0.717, 1.165) is 13.0 Å². The van der Waals surface area contributed by atoms with Gasteiger partial charge in [0.25, 0.3) is 0 Å². The summed E-state index contributed by atoms with van der Waals surface area (Å²) in [5.41, 5.74) is 0. The maximum Gasteiger partial charge on any atom is 0.323 e. The van der Waals surface area contributed by atoms with Gasteiger partial charge < -0.3 is 20.1 Å². The van der Waals surface area contributed by atoms with E-state index in [2.05, 4.69) is 27.2 Å². The normalized spacial score (nSPS) is 12.1. The molecule has 0 aromatic carbocycles. The Morgan fingerprint density at radius 2 is 2.05 bits per heavy atom. The summed E-state index contributed by atoms with van der Waals surface area (Å²) in [5.74, 6) is 0.978. The van der Waals surface area contributed by atoms with Gasteiger partial charge in [-0.3, -0.25) is 0 Å². The maximum atomic E-state index is 9.19. The van der Waals surface area contributed by atoms with Gasteiger partial charge in [0.05, 0.1) is 19.3 Å². The largest absolute Gasteiger partial charge is 0.464 e. The number of hydrogen-bond donors (Lipinski definition) is 2. The number of aliphatic hydroxyl groups is 1. The number of nitrogens with one attached hydrogen (secondary N) is 1. The third-order valence-electron chi connectivity index (χ3n) is 2.65. The molecule has 1 aromatic heterocycles. The molecule has 1 unspecified atom stereocenters. The first-order valence-corrected chi connectivity index (χ1v) is 6.58. The number of aromatic nitrogens is 3. The zero-order valence-corrected chi connectivity index (χ0v) is 12.1. The first-order valence-electron chi connectivity index (χ1n) is 6.58. The molecular formula is C12H23N5O2. The molecule has 0 radical (unpaired) electrons. The Labute approximate surface area is 114 Å². The molecule has 0 fully saturated rings. The lowest BCUT2D eigenvalue weighted by Crippen LogP contribution is -2.33. The molecule has 1 atom stereocenters. The SMILES string of the molecule is CCCNc1nc(OCC)nc(N(C)C(C)CO)n1. The topological polar surface area (TPSA) is 83.4 Å². The van der Waals surface area contributed by atoms with Crippen molar-refractivity contribution in [3.05, 3.63) is 0 Å². The van der Waals surface area contributed by atoms with Crippen LogP contribution in [-0.2, 0) is 0 Å². The van der Waals surface area contributed by atoms with Crippen molar-refractivity contribution in [2.75, 3.05) is 37.0 Å². The van der Waals surface area contributed by atoms with Crippen molar-refractivity contribution in [3.63, 3.8) is 0 Å². The van der Waals surface area contributed by atoms with E-state index in [4.69, 9.17) is 4.74 Å². The molecule has 19 heavy (non-hydrogen) atoms. The monoisotopic (exact) mass is 269 g/mol. The third-order valence-corrected chi connectivity index (χ3v) is 2.65. The van der Waals surface area contributed by atoms with Crippen molar-refractivity contribution in [1.82, 2.24) is 15.0 Å². The van der Waals surface area contributed by atoms with Gasteiger partial charge in [0.1, 0.15) is 0 Å². The first kappa shape index (κ1) is 15.4. The highest BCUT2D eigenvalue weighted by molar-refractivity contribution is 5.38. The fourth-order valence-electron chi connectivity index (χ4n) is 1.33. The second-order valence-electron chi connectivity index (χ2n) is 4.24.